The molecule has 1 aliphatic rings. The third-order valence-corrected chi connectivity index (χ3v) is 5.21. The lowest BCUT2D eigenvalue weighted by Gasteiger charge is -2.11. The molecule has 0 unspecified atom stereocenters. The standard InChI is InChI=1S/C23H13ClF2N2/c24-14-3-1-13(2-4-14)23(19-11-27-21-7-5-15(25)9-17(19)21)20-12-28-22-8-6-16(26)10-18(20)22/h1-12,27H/p+1. The average molecular weight is 392 g/mol. The molecule has 0 bridgehead atoms. The number of nitrogens with one attached hydrogen (secondary N) is 2. The molecule has 2 nitrogen and oxygen atoms in total. The first-order valence-corrected chi connectivity index (χ1v) is 9.15. The predicted octanol–water partition coefficient (Wildman–Crippen LogP) is 4.86. The van der Waals surface area contributed by atoms with Crippen molar-refractivity contribution in [3.05, 3.63) is 100 Å². The van der Waals surface area contributed by atoms with Gasteiger partial charge in [0.25, 0.3) is 0 Å². The van der Waals surface area contributed by atoms with Gasteiger partial charge in [-0.15, -0.1) is 0 Å². The van der Waals surface area contributed by atoms with Gasteiger partial charge in [-0.05, 0) is 48.0 Å². The van der Waals surface area contributed by atoms with Gasteiger partial charge < -0.3 is 4.98 Å². The summed E-state index contributed by atoms with van der Waals surface area (Å²) in [6.07, 6.45) is 3.71. The zero-order valence-electron chi connectivity index (χ0n) is 14.6. The van der Waals surface area contributed by atoms with Gasteiger partial charge >= 0.3 is 0 Å². The summed E-state index contributed by atoms with van der Waals surface area (Å²) in [5.41, 5.74) is 5.85. The summed E-state index contributed by atoms with van der Waals surface area (Å²) in [5.74, 6) is -0.623. The molecule has 3 aromatic carbocycles. The third kappa shape index (κ3) is 2.74. The van der Waals surface area contributed by atoms with Crippen molar-refractivity contribution < 1.29 is 13.8 Å². The monoisotopic (exact) mass is 391 g/mol. The van der Waals surface area contributed by atoms with Crippen LogP contribution in [0.3, 0.4) is 0 Å². The molecule has 0 aliphatic carbocycles. The SMILES string of the molecule is Fc1ccc2c(c1)C(=C(c1ccc(Cl)cc1)c1c[nH]c3ccc(F)cc13)C=[NH+]2. The van der Waals surface area contributed by atoms with E-state index in [1.807, 2.05) is 36.7 Å². The molecule has 0 atom stereocenters. The van der Waals surface area contributed by atoms with Crippen molar-refractivity contribution in [2.75, 3.05) is 0 Å². The number of hydrogen-bond donors (Lipinski definition) is 2. The normalized spacial score (nSPS) is 14.5. The number of halogens is 3. The van der Waals surface area contributed by atoms with Gasteiger partial charge in [-0.2, -0.15) is 0 Å². The summed E-state index contributed by atoms with van der Waals surface area (Å²) in [6, 6.07) is 16.7. The van der Waals surface area contributed by atoms with Crippen LogP contribution in [-0.4, -0.2) is 11.2 Å². The van der Waals surface area contributed by atoms with Gasteiger partial charge in [0, 0.05) is 39.3 Å². The van der Waals surface area contributed by atoms with Gasteiger partial charge in [0.05, 0.1) is 11.1 Å². The maximum absolute atomic E-state index is 14.0. The molecule has 5 heteroatoms. The molecule has 0 saturated heterocycles. The van der Waals surface area contributed by atoms with Crippen molar-refractivity contribution in [2.24, 2.45) is 0 Å². The maximum Gasteiger partial charge on any atom is 0.211 e. The highest BCUT2D eigenvalue weighted by atomic mass is 35.5. The fraction of sp³-hybridized carbons (Fsp3) is 0. The quantitative estimate of drug-likeness (QED) is 0.489. The third-order valence-electron chi connectivity index (χ3n) is 4.96. The fourth-order valence-corrected chi connectivity index (χ4v) is 3.80. The molecule has 0 amide bonds. The predicted molar refractivity (Wildman–Crippen MR) is 109 cm³/mol. The van der Waals surface area contributed by atoms with Crippen LogP contribution in [0.1, 0.15) is 16.7 Å². The molecule has 4 aromatic rings. The number of rotatable bonds is 2. The highest BCUT2D eigenvalue weighted by molar-refractivity contribution is 6.30. The molecule has 2 heterocycles. The molecular weight excluding hydrogens is 378 g/mol. The Morgan fingerprint density at radius 1 is 0.893 bits per heavy atom. The van der Waals surface area contributed by atoms with Crippen molar-refractivity contribution >= 4 is 45.6 Å². The van der Waals surface area contributed by atoms with E-state index in [9.17, 15) is 8.78 Å². The van der Waals surface area contributed by atoms with E-state index >= 15 is 0 Å². The molecule has 136 valence electrons. The molecule has 1 aliphatic heterocycles. The Hall–Kier alpha value is -3.24. The second-order valence-corrected chi connectivity index (χ2v) is 7.10. The average Bonchev–Trinajstić information content (AvgIpc) is 3.28. The van der Waals surface area contributed by atoms with Crippen LogP contribution in [-0.2, 0) is 0 Å². The van der Waals surface area contributed by atoms with E-state index in [1.165, 1.54) is 24.3 Å². The summed E-state index contributed by atoms with van der Waals surface area (Å²) >= 11 is 6.08. The fourth-order valence-electron chi connectivity index (χ4n) is 3.67. The molecule has 2 N–H and O–H groups in total. The summed E-state index contributed by atoms with van der Waals surface area (Å²) in [5, 5.41) is 1.38. The highest BCUT2D eigenvalue weighted by Gasteiger charge is 2.25. The summed E-state index contributed by atoms with van der Waals surface area (Å²) < 4.78 is 27.9. The lowest BCUT2D eigenvalue weighted by Crippen LogP contribution is -2.58. The Bertz CT molecular complexity index is 1280. The molecule has 0 fully saturated rings. The smallest absolute Gasteiger partial charge is 0.211 e. The Labute approximate surface area is 164 Å². The molecule has 5 rings (SSSR count). The maximum atomic E-state index is 14.0. The molecule has 1 aromatic heterocycles. The Morgan fingerprint density at radius 2 is 1.64 bits per heavy atom. The molecular formula is C23H14ClF2N2+. The first-order chi connectivity index (χ1) is 13.6. The van der Waals surface area contributed by atoms with Crippen molar-refractivity contribution in [3.8, 4) is 0 Å². The van der Waals surface area contributed by atoms with Crippen LogP contribution in [0, 0.1) is 11.6 Å². The number of fused-ring (bicyclic) bond motifs is 2. The van der Waals surface area contributed by atoms with E-state index in [-0.39, 0.29) is 11.6 Å². The number of aromatic nitrogens is 1. The van der Waals surface area contributed by atoms with Crippen LogP contribution in [0.15, 0.2) is 66.9 Å². The zero-order chi connectivity index (χ0) is 19.3. The molecule has 0 saturated carbocycles. The minimum atomic E-state index is -0.311. The summed E-state index contributed by atoms with van der Waals surface area (Å²) in [4.78, 5) is 6.40. The number of H-pyrrole nitrogens is 1. The summed E-state index contributed by atoms with van der Waals surface area (Å²) in [7, 11) is 0. The number of hydrogen-bond acceptors (Lipinski definition) is 0. The lowest BCUT2D eigenvalue weighted by atomic mass is 9.90. The van der Waals surface area contributed by atoms with Crippen LogP contribution in [0.2, 0.25) is 5.02 Å². The first-order valence-electron chi connectivity index (χ1n) is 8.77. The Morgan fingerprint density at radius 3 is 2.46 bits per heavy atom. The van der Waals surface area contributed by atoms with Gasteiger partial charge in [-0.3, -0.25) is 0 Å². The van der Waals surface area contributed by atoms with E-state index in [4.69, 9.17) is 11.6 Å². The van der Waals surface area contributed by atoms with Crippen LogP contribution in [0.4, 0.5) is 14.5 Å². The van der Waals surface area contributed by atoms with Crippen LogP contribution in [0.25, 0.3) is 22.0 Å². The Balaban J connectivity index is 1.85. The van der Waals surface area contributed by atoms with Gasteiger partial charge in [0.2, 0.25) is 5.69 Å². The number of benzene rings is 3. The summed E-state index contributed by atoms with van der Waals surface area (Å²) in [6.45, 7) is 0. The van der Waals surface area contributed by atoms with Crippen molar-refractivity contribution in [1.29, 1.82) is 0 Å². The molecule has 28 heavy (non-hydrogen) atoms. The molecule has 0 spiro atoms. The minimum Gasteiger partial charge on any atom is -0.361 e. The van der Waals surface area contributed by atoms with E-state index in [0.29, 0.717) is 5.02 Å². The van der Waals surface area contributed by atoms with Crippen molar-refractivity contribution in [3.63, 3.8) is 0 Å². The zero-order valence-corrected chi connectivity index (χ0v) is 15.3. The second-order valence-electron chi connectivity index (χ2n) is 6.67. The van der Waals surface area contributed by atoms with E-state index in [1.54, 1.807) is 12.1 Å². The van der Waals surface area contributed by atoms with Gasteiger partial charge in [0.1, 0.15) is 11.6 Å². The number of aromatic amines is 1. The van der Waals surface area contributed by atoms with Gasteiger partial charge in [0.15, 0.2) is 6.21 Å². The minimum absolute atomic E-state index is 0.311. The first kappa shape index (κ1) is 16.9. The highest BCUT2D eigenvalue weighted by Crippen LogP contribution is 2.38. The molecule has 0 radical (unpaired) electrons. The topological polar surface area (TPSA) is 29.8 Å². The largest absolute Gasteiger partial charge is 0.361 e. The number of allylic oxidation sites excluding steroid dienone is 1. The van der Waals surface area contributed by atoms with Crippen molar-refractivity contribution in [1.82, 2.24) is 4.98 Å². The van der Waals surface area contributed by atoms with Crippen LogP contribution >= 0.6 is 11.6 Å². The van der Waals surface area contributed by atoms with Gasteiger partial charge in [-0.25, -0.2) is 13.8 Å². The van der Waals surface area contributed by atoms with E-state index in [0.717, 1.165) is 44.4 Å². The van der Waals surface area contributed by atoms with Gasteiger partial charge in [-0.1, -0.05) is 23.7 Å². The van der Waals surface area contributed by atoms with Crippen LogP contribution in [0.5, 0.6) is 0 Å². The Kier molecular flexibility index (Phi) is 3.88. The second kappa shape index (κ2) is 6.43. The van der Waals surface area contributed by atoms with E-state index < -0.39 is 0 Å². The van der Waals surface area contributed by atoms with Crippen molar-refractivity contribution in [2.45, 2.75) is 0 Å². The van der Waals surface area contributed by atoms with Crippen LogP contribution < -0.4 is 4.99 Å². The van der Waals surface area contributed by atoms with E-state index in [2.05, 4.69) is 9.98 Å². The lowest BCUT2D eigenvalue weighted by molar-refractivity contribution is -0.342.